The minimum atomic E-state index is -0.417. The van der Waals surface area contributed by atoms with E-state index in [0.29, 0.717) is 12.4 Å². The van der Waals surface area contributed by atoms with Crippen LogP contribution in [0.5, 0.6) is 0 Å². The minimum absolute atomic E-state index is 0.396. The van der Waals surface area contributed by atoms with Crippen LogP contribution in [0.3, 0.4) is 0 Å². The van der Waals surface area contributed by atoms with Gasteiger partial charge in [-0.2, -0.15) is 0 Å². The Bertz CT molecular complexity index is 284. The van der Waals surface area contributed by atoms with Gasteiger partial charge in [-0.1, -0.05) is 32.6 Å². The molecular formula is C17H30O2. The van der Waals surface area contributed by atoms with Crippen LogP contribution >= 0.6 is 0 Å². The zero-order valence-electron chi connectivity index (χ0n) is 12.7. The Morgan fingerprint density at radius 2 is 1.79 bits per heavy atom. The highest BCUT2D eigenvalue weighted by molar-refractivity contribution is 5.87. The Morgan fingerprint density at radius 1 is 1.16 bits per heavy atom. The van der Waals surface area contributed by atoms with Gasteiger partial charge in [0.2, 0.25) is 0 Å². The number of rotatable bonds is 6. The summed E-state index contributed by atoms with van der Waals surface area (Å²) >= 11 is 0. The van der Waals surface area contributed by atoms with Crippen LogP contribution in [0.25, 0.3) is 0 Å². The van der Waals surface area contributed by atoms with Crippen LogP contribution in [0.1, 0.15) is 78.1 Å². The van der Waals surface area contributed by atoms with Crippen molar-refractivity contribution in [3.8, 4) is 0 Å². The number of carbonyl (C=O) groups is 1. The Kier molecular flexibility index (Phi) is 5.44. The second kappa shape index (κ2) is 6.88. The molecule has 0 atom stereocenters. The molecule has 0 saturated heterocycles. The average Bonchev–Trinajstić information content (AvgIpc) is 2.92. The normalized spacial score (nSPS) is 32.6. The Morgan fingerprint density at radius 3 is 2.37 bits per heavy atom. The van der Waals surface area contributed by atoms with Crippen LogP contribution in [0.2, 0.25) is 0 Å². The van der Waals surface area contributed by atoms with Gasteiger partial charge in [-0.25, -0.2) is 0 Å². The quantitative estimate of drug-likeness (QED) is 0.707. The molecule has 0 aromatic carbocycles. The molecule has 2 fully saturated rings. The fourth-order valence-corrected chi connectivity index (χ4v) is 3.87. The first-order chi connectivity index (χ1) is 9.16. The summed E-state index contributed by atoms with van der Waals surface area (Å²) in [6, 6.07) is 0. The van der Waals surface area contributed by atoms with Gasteiger partial charge in [-0.3, -0.25) is 4.79 Å². The van der Waals surface area contributed by atoms with Crippen molar-refractivity contribution in [2.45, 2.75) is 83.7 Å². The van der Waals surface area contributed by atoms with E-state index in [2.05, 4.69) is 6.92 Å². The van der Waals surface area contributed by atoms with E-state index in [1.54, 1.807) is 0 Å². The van der Waals surface area contributed by atoms with Crippen molar-refractivity contribution in [3.63, 3.8) is 0 Å². The lowest BCUT2D eigenvalue weighted by Crippen LogP contribution is -2.44. The number of hydrogen-bond donors (Lipinski definition) is 0. The lowest BCUT2D eigenvalue weighted by molar-refractivity contribution is -0.150. The van der Waals surface area contributed by atoms with Gasteiger partial charge in [-0.05, 0) is 50.9 Å². The summed E-state index contributed by atoms with van der Waals surface area (Å²) in [7, 11) is 0. The van der Waals surface area contributed by atoms with Crippen LogP contribution in [-0.4, -0.2) is 18.0 Å². The van der Waals surface area contributed by atoms with Crippen molar-refractivity contribution in [2.24, 2.45) is 11.8 Å². The van der Waals surface area contributed by atoms with Crippen LogP contribution in [0, 0.1) is 11.8 Å². The second-order valence-electron chi connectivity index (χ2n) is 6.72. The van der Waals surface area contributed by atoms with Crippen LogP contribution in [0.4, 0.5) is 0 Å². The van der Waals surface area contributed by atoms with E-state index in [-0.39, 0.29) is 0 Å². The molecule has 19 heavy (non-hydrogen) atoms. The van der Waals surface area contributed by atoms with Gasteiger partial charge >= 0.3 is 0 Å². The topological polar surface area (TPSA) is 26.3 Å². The molecule has 2 aliphatic rings. The fraction of sp³-hybridized carbons (Fsp3) is 0.941. The monoisotopic (exact) mass is 266 g/mol. The second-order valence-corrected chi connectivity index (χ2v) is 6.72. The van der Waals surface area contributed by atoms with E-state index in [4.69, 9.17) is 4.74 Å². The predicted octanol–water partition coefficient (Wildman–Crippen LogP) is 4.51. The van der Waals surface area contributed by atoms with Crippen molar-refractivity contribution in [3.05, 3.63) is 0 Å². The summed E-state index contributed by atoms with van der Waals surface area (Å²) in [5, 5.41) is 0. The first-order valence-corrected chi connectivity index (χ1v) is 8.33. The van der Waals surface area contributed by atoms with E-state index >= 15 is 0 Å². The van der Waals surface area contributed by atoms with Crippen LogP contribution < -0.4 is 0 Å². The summed E-state index contributed by atoms with van der Waals surface area (Å²) in [5.41, 5.74) is -0.417. The molecule has 0 spiro atoms. The lowest BCUT2D eigenvalue weighted by atomic mass is 9.75. The third kappa shape index (κ3) is 3.81. The predicted molar refractivity (Wildman–Crippen MR) is 78.2 cm³/mol. The molecule has 0 unspecified atom stereocenters. The first kappa shape index (κ1) is 15.0. The van der Waals surface area contributed by atoms with Crippen molar-refractivity contribution in [1.29, 1.82) is 0 Å². The summed E-state index contributed by atoms with van der Waals surface area (Å²) in [6.45, 7) is 4.98. The van der Waals surface area contributed by atoms with Crippen molar-refractivity contribution >= 4 is 5.78 Å². The Balaban J connectivity index is 1.88. The SMILES string of the molecule is CCOC1(C(=O)CCC2CCCC2)CCC(C)CC1. The molecule has 0 aromatic heterocycles. The maximum absolute atomic E-state index is 12.6. The molecule has 0 amide bonds. The van der Waals surface area contributed by atoms with Gasteiger partial charge in [0.15, 0.2) is 5.78 Å². The Labute approximate surface area is 118 Å². The molecule has 2 aliphatic carbocycles. The smallest absolute Gasteiger partial charge is 0.164 e. The molecule has 2 rings (SSSR count). The van der Waals surface area contributed by atoms with Gasteiger partial charge in [0, 0.05) is 13.0 Å². The molecule has 0 radical (unpaired) electrons. The Hall–Kier alpha value is -0.370. The molecule has 0 bridgehead atoms. The summed E-state index contributed by atoms with van der Waals surface area (Å²) in [6.07, 6.45) is 11.5. The molecular weight excluding hydrogens is 236 g/mol. The molecule has 2 saturated carbocycles. The van der Waals surface area contributed by atoms with Gasteiger partial charge in [0.1, 0.15) is 5.60 Å². The number of carbonyl (C=O) groups excluding carboxylic acids is 1. The number of ketones is 1. The van der Waals surface area contributed by atoms with Crippen molar-refractivity contribution < 1.29 is 9.53 Å². The van der Waals surface area contributed by atoms with Crippen LogP contribution in [-0.2, 0) is 9.53 Å². The van der Waals surface area contributed by atoms with Gasteiger partial charge in [-0.15, -0.1) is 0 Å². The molecule has 0 N–H and O–H groups in total. The van der Waals surface area contributed by atoms with Gasteiger partial charge < -0.3 is 4.74 Å². The number of ether oxygens (including phenoxy) is 1. The summed E-state index contributed by atoms with van der Waals surface area (Å²) < 4.78 is 5.95. The van der Waals surface area contributed by atoms with E-state index in [9.17, 15) is 4.79 Å². The molecule has 2 heteroatoms. The molecule has 0 aliphatic heterocycles. The first-order valence-electron chi connectivity index (χ1n) is 8.33. The van der Waals surface area contributed by atoms with Gasteiger partial charge in [0.05, 0.1) is 0 Å². The zero-order chi connectivity index (χ0) is 13.7. The van der Waals surface area contributed by atoms with Crippen LogP contribution in [0.15, 0.2) is 0 Å². The third-order valence-corrected chi connectivity index (χ3v) is 5.27. The van der Waals surface area contributed by atoms with E-state index < -0.39 is 5.60 Å². The maximum Gasteiger partial charge on any atom is 0.164 e. The van der Waals surface area contributed by atoms with Crippen molar-refractivity contribution in [1.82, 2.24) is 0 Å². The van der Waals surface area contributed by atoms with E-state index in [1.807, 2.05) is 6.92 Å². The largest absolute Gasteiger partial charge is 0.368 e. The third-order valence-electron chi connectivity index (χ3n) is 5.27. The highest BCUT2D eigenvalue weighted by atomic mass is 16.5. The number of hydrogen-bond acceptors (Lipinski definition) is 2. The zero-order valence-corrected chi connectivity index (χ0v) is 12.7. The van der Waals surface area contributed by atoms with E-state index in [0.717, 1.165) is 50.4 Å². The fourth-order valence-electron chi connectivity index (χ4n) is 3.87. The number of Topliss-reactive ketones (excluding diaryl/α,β-unsaturated/α-hetero) is 1. The molecule has 0 heterocycles. The average molecular weight is 266 g/mol. The molecule has 0 aromatic rings. The molecule has 2 nitrogen and oxygen atoms in total. The van der Waals surface area contributed by atoms with E-state index in [1.165, 1.54) is 25.7 Å². The standard InChI is InChI=1S/C17H30O2/c1-3-19-17(12-10-14(2)11-13-17)16(18)9-8-15-6-4-5-7-15/h14-15H,3-13H2,1-2H3. The summed E-state index contributed by atoms with van der Waals surface area (Å²) in [4.78, 5) is 12.6. The molecule has 110 valence electrons. The maximum atomic E-state index is 12.6. The highest BCUT2D eigenvalue weighted by Crippen LogP contribution is 2.37. The summed E-state index contributed by atoms with van der Waals surface area (Å²) in [5.74, 6) is 1.97. The minimum Gasteiger partial charge on any atom is -0.368 e. The van der Waals surface area contributed by atoms with Gasteiger partial charge in [0.25, 0.3) is 0 Å². The highest BCUT2D eigenvalue weighted by Gasteiger charge is 2.41. The lowest BCUT2D eigenvalue weighted by Gasteiger charge is -2.38. The van der Waals surface area contributed by atoms with Crippen molar-refractivity contribution in [2.75, 3.05) is 6.61 Å².